The van der Waals surface area contributed by atoms with Gasteiger partial charge in [-0.25, -0.2) is 0 Å². The Bertz CT molecular complexity index is 2370. The van der Waals surface area contributed by atoms with E-state index in [9.17, 15) is 19.5 Å². The molecule has 2 aliphatic carbocycles. The average molecular weight is 857 g/mol. The summed E-state index contributed by atoms with van der Waals surface area (Å²) < 4.78 is 0. The first-order valence-corrected chi connectivity index (χ1v) is 25.9. The zero-order chi connectivity index (χ0) is 45.7. The normalized spacial score (nSPS) is 19.8. The van der Waals surface area contributed by atoms with Crippen LogP contribution >= 0.6 is 7.28 Å². The summed E-state index contributed by atoms with van der Waals surface area (Å²) in [4.78, 5) is 56.5. The van der Waals surface area contributed by atoms with Gasteiger partial charge in [-0.15, -0.1) is 0 Å². The Morgan fingerprint density at radius 3 is 1.53 bits per heavy atom. The summed E-state index contributed by atoms with van der Waals surface area (Å²) in [7, 11) is -6.04. The molecule has 2 unspecified atom stereocenters. The maximum absolute atomic E-state index is 14.6. The Morgan fingerprint density at radius 1 is 0.565 bits per heavy atom. The van der Waals surface area contributed by atoms with Crippen LogP contribution in [0.3, 0.4) is 0 Å². The number of hydrogen-bond acceptors (Lipinski definition) is 4. The van der Waals surface area contributed by atoms with Crippen molar-refractivity contribution in [1.82, 2.24) is 0 Å². The van der Waals surface area contributed by atoms with Gasteiger partial charge in [-0.3, -0.25) is 0 Å². The summed E-state index contributed by atoms with van der Waals surface area (Å²) in [5, 5.41) is -1.21. The maximum atomic E-state index is 14.6. The molecule has 0 aliphatic heterocycles. The topological polar surface area (TPSA) is 77.8 Å². The third-order valence-electron chi connectivity index (χ3n) is 14.5. The summed E-state index contributed by atoms with van der Waals surface area (Å²) in [5.41, 5.74) is 12.8. The SMILES string of the molecule is CCCC1(c2cc(C(=O)c3ccccc3)ccc2P(O)(O)(O)C2(CCC)Cc3c(cc(C(C)C)cc3C(C)C)C=C2C(C)C)Cc2c(cc(C(C)C)cc2C(C)C)C=C1C(C)C. The summed E-state index contributed by atoms with van der Waals surface area (Å²) in [6.07, 6.45) is 8.06. The molecule has 0 saturated carbocycles. The van der Waals surface area contributed by atoms with E-state index in [1.165, 1.54) is 39.0 Å². The molecule has 4 aromatic rings. The summed E-state index contributed by atoms with van der Waals surface area (Å²) >= 11 is 0. The molecule has 0 heterocycles. The quantitative estimate of drug-likeness (QED) is 0.0822. The molecule has 2 aliphatic rings. The van der Waals surface area contributed by atoms with Crippen LogP contribution in [-0.4, -0.2) is 25.6 Å². The fraction of sp³-hybridized carbons (Fsp3) is 0.491. The molecule has 5 heteroatoms. The van der Waals surface area contributed by atoms with Crippen LogP contribution in [0.2, 0.25) is 0 Å². The average Bonchev–Trinajstić information content (AvgIpc) is 3.21. The van der Waals surface area contributed by atoms with E-state index in [4.69, 9.17) is 0 Å². The molecule has 6 rings (SSSR count). The summed E-state index contributed by atoms with van der Waals surface area (Å²) in [6, 6.07) is 24.1. The minimum absolute atomic E-state index is 0.0868. The molecule has 0 saturated heterocycles. The number of fused-ring (bicyclic) bond motifs is 2. The molecule has 0 bridgehead atoms. The zero-order valence-corrected chi connectivity index (χ0v) is 41.4. The molecule has 0 fully saturated rings. The summed E-state index contributed by atoms with van der Waals surface area (Å²) in [6.45, 7) is 30.9. The first-order valence-electron chi connectivity index (χ1n) is 23.8. The fourth-order valence-corrected chi connectivity index (χ4v) is 14.8. The van der Waals surface area contributed by atoms with Crippen molar-refractivity contribution in [2.45, 2.75) is 170 Å². The van der Waals surface area contributed by atoms with Gasteiger partial charge in [0.15, 0.2) is 0 Å². The number of hydrogen-bond donors (Lipinski definition) is 3. The third kappa shape index (κ3) is 8.17. The first-order chi connectivity index (χ1) is 29.0. The molecule has 0 aromatic heterocycles. The molecule has 0 radical (unpaired) electrons. The van der Waals surface area contributed by atoms with Gasteiger partial charge in [0.1, 0.15) is 0 Å². The van der Waals surface area contributed by atoms with Crippen LogP contribution in [0.5, 0.6) is 0 Å². The Balaban J connectivity index is 1.76. The second-order valence-electron chi connectivity index (χ2n) is 20.9. The van der Waals surface area contributed by atoms with E-state index in [0.29, 0.717) is 60.6 Å². The van der Waals surface area contributed by atoms with Crippen molar-refractivity contribution in [1.29, 1.82) is 0 Å². The Labute approximate surface area is 375 Å². The van der Waals surface area contributed by atoms with Crippen LogP contribution in [0.25, 0.3) is 12.2 Å². The monoisotopic (exact) mass is 857 g/mol. The molecule has 334 valence electrons. The van der Waals surface area contributed by atoms with Crippen molar-refractivity contribution in [2.24, 2.45) is 11.8 Å². The van der Waals surface area contributed by atoms with Gasteiger partial charge in [0.25, 0.3) is 0 Å². The van der Waals surface area contributed by atoms with E-state index in [-0.39, 0.29) is 34.8 Å². The molecular formula is C57H77O4P. The zero-order valence-electron chi connectivity index (χ0n) is 40.5. The second-order valence-corrected chi connectivity index (χ2v) is 24.2. The molecule has 4 nitrogen and oxygen atoms in total. The standard InChI is InChI=1S/C57H77O4P/c1-15-24-56(33-49-45(31-51(56)39(11)12)26-43(35(3)4)28-47(49)37(7)8)53-30-42(55(58)41-20-18-17-19-21-41)22-23-54(53)62(59,60,61)57(25-16-2)34-50-46(32-52(57)40(13)14)27-44(36(5)6)29-48(50)38(9)10/h17-23,26-32,35-40,59-61H,15-16,24-25,33-34H2,1-14H3. The third-order valence-corrected chi connectivity index (χ3v) is 18.0. The van der Waals surface area contributed by atoms with Gasteiger partial charge in [0.05, 0.1) is 0 Å². The van der Waals surface area contributed by atoms with Crippen molar-refractivity contribution in [3.63, 3.8) is 0 Å². The molecular weight excluding hydrogens is 780 g/mol. The fourth-order valence-electron chi connectivity index (χ4n) is 11.4. The van der Waals surface area contributed by atoms with Crippen molar-refractivity contribution < 1.29 is 19.5 Å². The van der Waals surface area contributed by atoms with Crippen LogP contribution in [0.1, 0.15) is 212 Å². The molecule has 0 spiro atoms. The van der Waals surface area contributed by atoms with Gasteiger partial charge < -0.3 is 0 Å². The van der Waals surface area contributed by atoms with Crippen LogP contribution < -0.4 is 5.30 Å². The van der Waals surface area contributed by atoms with Crippen molar-refractivity contribution >= 4 is 30.5 Å². The van der Waals surface area contributed by atoms with E-state index in [1.807, 2.05) is 36.4 Å². The Morgan fingerprint density at radius 2 is 1.06 bits per heavy atom. The molecule has 0 amide bonds. The van der Waals surface area contributed by atoms with Crippen molar-refractivity contribution in [3.05, 3.63) is 145 Å². The Hall–Kier alpha value is -3.66. The van der Waals surface area contributed by atoms with Gasteiger partial charge in [-0.2, -0.15) is 0 Å². The number of ketones is 1. The number of carbonyl (C=O) groups excluding carboxylic acids is 1. The number of allylic oxidation sites excluding steroid dienone is 2. The van der Waals surface area contributed by atoms with Gasteiger partial charge in [-0.05, 0) is 0 Å². The Kier molecular flexibility index (Phi) is 13.7. The van der Waals surface area contributed by atoms with Gasteiger partial charge in [0.2, 0.25) is 0 Å². The number of benzene rings is 4. The van der Waals surface area contributed by atoms with Crippen LogP contribution in [0, 0.1) is 11.8 Å². The minimum atomic E-state index is -6.04. The van der Waals surface area contributed by atoms with Crippen molar-refractivity contribution in [3.8, 4) is 0 Å². The van der Waals surface area contributed by atoms with E-state index < -0.39 is 17.9 Å². The van der Waals surface area contributed by atoms with Crippen LogP contribution in [-0.2, 0) is 18.3 Å². The molecule has 4 aromatic carbocycles. The van der Waals surface area contributed by atoms with E-state index >= 15 is 0 Å². The number of rotatable bonds is 15. The predicted molar refractivity (Wildman–Crippen MR) is 266 cm³/mol. The number of carbonyl (C=O) groups is 1. The van der Waals surface area contributed by atoms with E-state index in [0.717, 1.165) is 23.1 Å². The van der Waals surface area contributed by atoms with Gasteiger partial charge in [-0.1, -0.05) is 0 Å². The van der Waals surface area contributed by atoms with Crippen LogP contribution in [0.4, 0.5) is 0 Å². The molecule has 2 atom stereocenters. The van der Waals surface area contributed by atoms with Crippen LogP contribution in [0.15, 0.2) is 83.9 Å². The van der Waals surface area contributed by atoms with Crippen molar-refractivity contribution in [2.75, 3.05) is 0 Å². The predicted octanol–water partition coefficient (Wildman–Crippen LogP) is 14.5. The first kappa shape index (κ1) is 47.8. The molecule has 3 N–H and O–H groups in total. The molecule has 62 heavy (non-hydrogen) atoms. The van der Waals surface area contributed by atoms with Gasteiger partial charge in [0, 0.05) is 0 Å². The van der Waals surface area contributed by atoms with E-state index in [1.54, 1.807) is 12.1 Å². The summed E-state index contributed by atoms with van der Waals surface area (Å²) in [5.74, 6) is 1.01. The van der Waals surface area contributed by atoms with E-state index in [2.05, 4.69) is 133 Å². The van der Waals surface area contributed by atoms with Gasteiger partial charge >= 0.3 is 377 Å². The second kappa shape index (κ2) is 17.7.